The molecule has 0 radical (unpaired) electrons. The van der Waals surface area contributed by atoms with Crippen molar-refractivity contribution < 1.29 is 9.18 Å². The van der Waals surface area contributed by atoms with E-state index in [1.165, 1.54) is 6.07 Å². The number of carbonyl (C=O) groups excluding carboxylic acids is 1. The normalized spacial score (nSPS) is 10.2. The Morgan fingerprint density at radius 3 is 2.70 bits per heavy atom. The first-order valence-corrected chi connectivity index (χ1v) is 6.96. The summed E-state index contributed by atoms with van der Waals surface area (Å²) in [5.74, 6) is -0.650. The zero-order valence-electron chi connectivity index (χ0n) is 10.3. The van der Waals surface area contributed by atoms with Gasteiger partial charge in [0.25, 0.3) is 0 Å². The summed E-state index contributed by atoms with van der Waals surface area (Å²) in [6, 6.07) is 11.5. The number of para-hydroxylation sites is 1. The van der Waals surface area contributed by atoms with Gasteiger partial charge in [-0.15, -0.1) is 0 Å². The van der Waals surface area contributed by atoms with E-state index in [0.717, 1.165) is 0 Å². The highest BCUT2D eigenvalue weighted by atomic mass is 79.9. The highest BCUT2D eigenvalue weighted by molar-refractivity contribution is 9.10. The summed E-state index contributed by atoms with van der Waals surface area (Å²) >= 11 is 9.00. The van der Waals surface area contributed by atoms with Gasteiger partial charge in [0.15, 0.2) is 0 Å². The number of benzene rings is 2. The van der Waals surface area contributed by atoms with Gasteiger partial charge in [-0.1, -0.05) is 23.7 Å². The maximum absolute atomic E-state index is 13.3. The Kier molecular flexibility index (Phi) is 4.98. The molecule has 2 aromatic rings. The topological polar surface area (TPSA) is 41.1 Å². The molecule has 2 aromatic carbocycles. The number of amides is 1. The van der Waals surface area contributed by atoms with Crippen molar-refractivity contribution in [3.8, 4) is 0 Å². The molecule has 0 spiro atoms. The second-order valence-corrected chi connectivity index (χ2v) is 5.27. The molecule has 0 bridgehead atoms. The van der Waals surface area contributed by atoms with Crippen molar-refractivity contribution in [1.82, 2.24) is 0 Å². The first kappa shape index (κ1) is 14.8. The largest absolute Gasteiger partial charge is 0.376 e. The molecule has 1 amide bonds. The van der Waals surface area contributed by atoms with Crippen LogP contribution in [0.5, 0.6) is 0 Å². The summed E-state index contributed by atoms with van der Waals surface area (Å²) in [4.78, 5) is 11.8. The molecule has 0 aromatic heterocycles. The molecule has 0 saturated heterocycles. The van der Waals surface area contributed by atoms with Crippen LogP contribution < -0.4 is 10.6 Å². The Balaban J connectivity index is 1.92. The number of carbonyl (C=O) groups is 1. The highest BCUT2D eigenvalue weighted by Gasteiger charge is 2.06. The van der Waals surface area contributed by atoms with E-state index in [0.29, 0.717) is 20.9 Å². The molecule has 20 heavy (non-hydrogen) atoms. The van der Waals surface area contributed by atoms with Crippen LogP contribution in [0.4, 0.5) is 15.8 Å². The van der Waals surface area contributed by atoms with Crippen LogP contribution in [-0.4, -0.2) is 12.5 Å². The van der Waals surface area contributed by atoms with Crippen LogP contribution in [0.25, 0.3) is 0 Å². The summed E-state index contributed by atoms with van der Waals surface area (Å²) in [6.07, 6.45) is 0. The average Bonchev–Trinajstić information content (AvgIpc) is 2.43. The molecule has 6 heteroatoms. The van der Waals surface area contributed by atoms with Gasteiger partial charge in [0.2, 0.25) is 5.91 Å². The molecule has 0 heterocycles. The molecule has 0 aliphatic heterocycles. The lowest BCUT2D eigenvalue weighted by Crippen LogP contribution is -2.21. The van der Waals surface area contributed by atoms with Crippen LogP contribution in [0.1, 0.15) is 0 Å². The predicted molar refractivity (Wildman–Crippen MR) is 82.7 cm³/mol. The van der Waals surface area contributed by atoms with Gasteiger partial charge in [-0.2, -0.15) is 0 Å². The average molecular weight is 358 g/mol. The molecule has 0 saturated carbocycles. The van der Waals surface area contributed by atoms with Crippen LogP contribution in [0.2, 0.25) is 5.02 Å². The van der Waals surface area contributed by atoms with Crippen LogP contribution in [0.3, 0.4) is 0 Å². The lowest BCUT2D eigenvalue weighted by molar-refractivity contribution is -0.114. The molecule has 0 aliphatic rings. The van der Waals surface area contributed by atoms with E-state index in [-0.39, 0.29) is 18.3 Å². The minimum absolute atomic E-state index is 0.0201. The summed E-state index contributed by atoms with van der Waals surface area (Å²) < 4.78 is 13.7. The van der Waals surface area contributed by atoms with Gasteiger partial charge in [0.05, 0.1) is 21.7 Å². The van der Waals surface area contributed by atoms with Crippen molar-refractivity contribution in [3.05, 3.63) is 57.8 Å². The fraction of sp³-hybridized carbons (Fsp3) is 0.0714. The van der Waals surface area contributed by atoms with Crippen molar-refractivity contribution >= 4 is 44.8 Å². The van der Waals surface area contributed by atoms with Crippen LogP contribution in [-0.2, 0) is 4.79 Å². The first-order chi connectivity index (χ1) is 9.56. The van der Waals surface area contributed by atoms with Crippen molar-refractivity contribution in [2.75, 3.05) is 17.2 Å². The lowest BCUT2D eigenvalue weighted by atomic mass is 10.3. The van der Waals surface area contributed by atoms with E-state index in [2.05, 4.69) is 26.6 Å². The molecule has 2 N–H and O–H groups in total. The molecule has 0 aliphatic carbocycles. The maximum atomic E-state index is 13.3. The monoisotopic (exact) mass is 356 g/mol. The van der Waals surface area contributed by atoms with E-state index in [9.17, 15) is 9.18 Å². The second-order valence-electron chi connectivity index (χ2n) is 4.01. The van der Waals surface area contributed by atoms with Gasteiger partial charge < -0.3 is 10.6 Å². The Bertz CT molecular complexity index is 636. The molecule has 2 rings (SSSR count). The van der Waals surface area contributed by atoms with Crippen LogP contribution >= 0.6 is 27.5 Å². The predicted octanol–water partition coefficient (Wildman–Crippen LogP) is 4.29. The van der Waals surface area contributed by atoms with Gasteiger partial charge in [0.1, 0.15) is 5.82 Å². The van der Waals surface area contributed by atoms with Crippen LogP contribution in [0, 0.1) is 5.82 Å². The van der Waals surface area contributed by atoms with Gasteiger partial charge in [-0.05, 0) is 46.3 Å². The van der Waals surface area contributed by atoms with E-state index < -0.39 is 0 Å². The zero-order chi connectivity index (χ0) is 14.5. The first-order valence-electron chi connectivity index (χ1n) is 5.79. The molecule has 104 valence electrons. The van der Waals surface area contributed by atoms with E-state index in [1.54, 1.807) is 36.4 Å². The van der Waals surface area contributed by atoms with E-state index in [4.69, 9.17) is 11.6 Å². The number of hydrogen-bond acceptors (Lipinski definition) is 2. The third kappa shape index (κ3) is 3.95. The van der Waals surface area contributed by atoms with Crippen molar-refractivity contribution in [3.63, 3.8) is 0 Å². The smallest absolute Gasteiger partial charge is 0.243 e. The Hall–Kier alpha value is -1.59. The zero-order valence-corrected chi connectivity index (χ0v) is 12.6. The Labute approximate surface area is 129 Å². The van der Waals surface area contributed by atoms with Gasteiger partial charge in [-0.3, -0.25) is 4.79 Å². The standard InChI is InChI=1S/C14H11BrClFN2O/c15-10-6-5-9(7-12(10)17)18-8-14(20)19-13-4-2-1-3-11(13)16/h1-7,18H,8H2,(H,19,20). The maximum Gasteiger partial charge on any atom is 0.243 e. The quantitative estimate of drug-likeness (QED) is 0.857. The van der Waals surface area contributed by atoms with Crippen molar-refractivity contribution in [1.29, 1.82) is 0 Å². The molecule has 0 atom stereocenters. The third-order valence-electron chi connectivity index (χ3n) is 2.52. The summed E-state index contributed by atoms with van der Waals surface area (Å²) in [6.45, 7) is 0.0201. The van der Waals surface area contributed by atoms with Crippen LogP contribution in [0.15, 0.2) is 46.9 Å². The van der Waals surface area contributed by atoms with Gasteiger partial charge >= 0.3 is 0 Å². The molecule has 0 unspecified atom stereocenters. The third-order valence-corrected chi connectivity index (χ3v) is 3.49. The van der Waals surface area contributed by atoms with Gasteiger partial charge in [0, 0.05) is 5.69 Å². The van der Waals surface area contributed by atoms with Gasteiger partial charge in [-0.25, -0.2) is 4.39 Å². The van der Waals surface area contributed by atoms with Crippen molar-refractivity contribution in [2.24, 2.45) is 0 Å². The summed E-state index contributed by atoms with van der Waals surface area (Å²) in [5, 5.41) is 5.97. The fourth-order valence-corrected chi connectivity index (χ4v) is 1.98. The summed E-state index contributed by atoms with van der Waals surface area (Å²) in [5.41, 5.74) is 1.07. The number of halogens is 3. The summed E-state index contributed by atoms with van der Waals surface area (Å²) in [7, 11) is 0. The molecule has 0 fully saturated rings. The molecular weight excluding hydrogens is 347 g/mol. The molecule has 3 nitrogen and oxygen atoms in total. The second kappa shape index (κ2) is 6.72. The Morgan fingerprint density at radius 2 is 2.00 bits per heavy atom. The van der Waals surface area contributed by atoms with E-state index in [1.807, 2.05) is 0 Å². The number of nitrogens with one attached hydrogen (secondary N) is 2. The van der Waals surface area contributed by atoms with Crippen molar-refractivity contribution in [2.45, 2.75) is 0 Å². The number of hydrogen-bond donors (Lipinski definition) is 2. The lowest BCUT2D eigenvalue weighted by Gasteiger charge is -2.09. The number of rotatable bonds is 4. The minimum Gasteiger partial charge on any atom is -0.376 e. The highest BCUT2D eigenvalue weighted by Crippen LogP contribution is 2.21. The minimum atomic E-state index is -0.387. The fourth-order valence-electron chi connectivity index (χ4n) is 1.55. The van der Waals surface area contributed by atoms with E-state index >= 15 is 0 Å². The Morgan fingerprint density at radius 1 is 1.25 bits per heavy atom. The molecular formula is C14H11BrClFN2O. The SMILES string of the molecule is O=C(CNc1ccc(Br)c(F)c1)Nc1ccccc1Cl. The number of anilines is 2.